The number of nitrogens with zero attached hydrogens (tertiary/aromatic N) is 4. The van der Waals surface area contributed by atoms with Crippen molar-refractivity contribution in [1.29, 1.82) is 0 Å². The van der Waals surface area contributed by atoms with Gasteiger partial charge in [-0.3, -0.25) is 0 Å². The molecule has 0 saturated heterocycles. The van der Waals surface area contributed by atoms with Crippen molar-refractivity contribution in [1.82, 2.24) is 0 Å². The lowest BCUT2D eigenvalue weighted by Crippen LogP contribution is -2.26. The van der Waals surface area contributed by atoms with E-state index in [0.29, 0.717) is 0 Å². The molecule has 0 radical (unpaired) electrons. The third kappa shape index (κ3) is 54.3. The molecule has 1 spiro atoms. The lowest BCUT2D eigenvalue weighted by atomic mass is 9.70. The van der Waals surface area contributed by atoms with E-state index in [-0.39, 0.29) is 0 Å². The van der Waals surface area contributed by atoms with Crippen LogP contribution >= 0.6 is 0 Å². The predicted octanol–water partition coefficient (Wildman–Crippen LogP) is 50.6. The van der Waals surface area contributed by atoms with E-state index >= 15 is 0 Å². The molecular weight excluding hydrogens is 1750 g/mol. The van der Waals surface area contributed by atoms with Crippen LogP contribution in [0, 0.1) is 0 Å². The van der Waals surface area contributed by atoms with E-state index in [4.69, 9.17) is 0 Å². The second kappa shape index (κ2) is 122. The van der Waals surface area contributed by atoms with Crippen LogP contribution in [0.5, 0.6) is 0 Å². The van der Waals surface area contributed by atoms with E-state index in [9.17, 15) is 0 Å². The molecule has 15 aromatic carbocycles. The quantitative estimate of drug-likeness (QED) is 0.121. The van der Waals surface area contributed by atoms with E-state index in [1.54, 1.807) is 0 Å². The van der Waals surface area contributed by atoms with Crippen molar-refractivity contribution in [3.05, 3.63) is 447 Å². The molecule has 0 fully saturated rings. The molecule has 0 aromatic heterocycles. The van der Waals surface area contributed by atoms with Gasteiger partial charge in [0.1, 0.15) is 0 Å². The minimum Gasteiger partial charge on any atom is -0.311 e. The van der Waals surface area contributed by atoms with Gasteiger partial charge in [-0.1, -0.05) is 625 Å². The van der Waals surface area contributed by atoms with E-state index in [1.807, 2.05) is 419 Å². The molecule has 4 heteroatoms. The van der Waals surface area contributed by atoms with Crippen LogP contribution in [0.15, 0.2) is 425 Å². The Hall–Kier alpha value is -12.5. The molecule has 0 unspecified atom stereocenters. The second-order valence-corrected chi connectivity index (χ2v) is 23.2. The summed E-state index contributed by atoms with van der Waals surface area (Å²) in [6, 6.07) is 150. The zero-order valence-electron chi connectivity index (χ0n) is 103. The van der Waals surface area contributed by atoms with Crippen LogP contribution in [-0.4, -0.2) is 0 Å². The summed E-state index contributed by atoms with van der Waals surface area (Å²) in [5, 5.41) is 0. The zero-order chi connectivity index (χ0) is 114. The van der Waals surface area contributed by atoms with Gasteiger partial charge in [0.25, 0.3) is 0 Å². The lowest BCUT2D eigenvalue weighted by molar-refractivity contribution is 0.793. The van der Waals surface area contributed by atoms with E-state index in [1.165, 1.54) is 78.6 Å². The summed E-state index contributed by atoms with van der Waals surface area (Å²) in [5.41, 5.74) is 23.7. The average molecular weight is 1970 g/mol. The summed E-state index contributed by atoms with van der Waals surface area (Å²) >= 11 is 0. The summed E-state index contributed by atoms with van der Waals surface area (Å²) in [4.78, 5) is 9.25. The fraction of sp³-hybridized carbons (Fsp3) is 0.362. The fourth-order valence-corrected chi connectivity index (χ4v) is 13.3. The Kier molecular flexibility index (Phi) is 133. The molecule has 4 nitrogen and oxygen atoms in total. The van der Waals surface area contributed by atoms with Crippen LogP contribution in [-0.2, 0) is 5.41 Å². The standard InChI is InChI=1S/C49H34N2.2C18H15N.C6H6.25C2H6/c1-5-17-35(18-6-1)50(36-19-7-2-8-20-36)39-29-31-43-41-25-13-15-27-45(41)49(47(43)33-39)46-28-16-14-26-42(46)44-32-30-40(34-48(44)49)51(37-21-9-3-10-22-37)38-23-11-4-12-24-38;2*1-4-10-16(11-5-1)19(17-12-6-2-7-13-17)18-14-8-3-9-15-18;1-2-4-6-5-3-1;25*1-2/h1-34H;2*1-15H;1-6H;25*1-2H3. The van der Waals surface area contributed by atoms with Crippen LogP contribution in [0.3, 0.4) is 0 Å². The van der Waals surface area contributed by atoms with Crippen LogP contribution < -0.4 is 19.6 Å². The molecule has 0 atom stereocenters. The Morgan fingerprint density at radius 2 is 0.200 bits per heavy atom. The molecule has 804 valence electrons. The molecule has 0 amide bonds. The molecule has 0 saturated carbocycles. The molecule has 0 aliphatic heterocycles. The summed E-state index contributed by atoms with van der Waals surface area (Å²) in [6.07, 6.45) is 0. The van der Waals surface area contributed by atoms with Crippen LogP contribution in [0.2, 0.25) is 0 Å². The first-order chi connectivity index (χ1) is 72.2. The third-order valence-electron chi connectivity index (χ3n) is 17.4. The number of hydrogen-bond acceptors (Lipinski definition) is 4. The number of para-hydroxylation sites is 10. The van der Waals surface area contributed by atoms with Crippen molar-refractivity contribution < 1.29 is 0 Å². The first-order valence-electron chi connectivity index (χ1n) is 57.4. The largest absolute Gasteiger partial charge is 0.311 e. The normalized spacial score (nSPS) is 8.54. The van der Waals surface area contributed by atoms with Crippen molar-refractivity contribution in [3.63, 3.8) is 0 Å². The van der Waals surface area contributed by atoms with Crippen LogP contribution in [0.1, 0.15) is 368 Å². The Morgan fingerprint density at radius 1 is 0.0966 bits per heavy atom. The highest BCUT2D eigenvalue weighted by atomic mass is 15.2. The number of anilines is 12. The Morgan fingerprint density at radius 3 is 0.338 bits per heavy atom. The maximum absolute atomic E-state index is 2.46. The van der Waals surface area contributed by atoms with Gasteiger partial charge in [-0.05, 0) is 190 Å². The number of fused-ring (bicyclic) bond motifs is 10. The van der Waals surface area contributed by atoms with Gasteiger partial charge in [0.05, 0.1) is 5.41 Å². The zero-order valence-corrected chi connectivity index (χ0v) is 103. The number of rotatable bonds is 12. The summed E-state index contributed by atoms with van der Waals surface area (Å²) < 4.78 is 0. The van der Waals surface area contributed by atoms with Crippen molar-refractivity contribution in [2.45, 2.75) is 352 Å². The van der Waals surface area contributed by atoms with E-state index < -0.39 is 5.41 Å². The minimum atomic E-state index is -0.498. The third-order valence-corrected chi connectivity index (χ3v) is 17.4. The van der Waals surface area contributed by atoms with Crippen molar-refractivity contribution in [2.24, 2.45) is 0 Å². The van der Waals surface area contributed by atoms with E-state index in [2.05, 4.69) is 371 Å². The van der Waals surface area contributed by atoms with Crippen LogP contribution in [0.25, 0.3) is 22.3 Å². The predicted molar refractivity (Wildman–Crippen MR) is 684 cm³/mol. The highest BCUT2D eigenvalue weighted by Crippen LogP contribution is 2.64. The van der Waals surface area contributed by atoms with Crippen molar-refractivity contribution >= 4 is 68.2 Å². The Bertz CT molecular complexity index is 4270. The maximum atomic E-state index is 2.46. The van der Waals surface area contributed by atoms with Gasteiger partial charge in [0.2, 0.25) is 0 Å². The Labute approximate surface area is 902 Å². The highest BCUT2D eigenvalue weighted by molar-refractivity contribution is 5.98. The average Bonchev–Trinajstić information content (AvgIpc) is 1.50. The van der Waals surface area contributed by atoms with Gasteiger partial charge in [0, 0.05) is 68.2 Å². The summed E-state index contributed by atoms with van der Waals surface area (Å²) in [6.45, 7) is 100. The van der Waals surface area contributed by atoms with Crippen molar-refractivity contribution in [2.75, 3.05) is 19.6 Å². The Balaban J connectivity index is -0.000000158. The topological polar surface area (TPSA) is 13.0 Å². The first-order valence-corrected chi connectivity index (χ1v) is 57.4. The summed E-state index contributed by atoms with van der Waals surface area (Å²) in [7, 11) is 0. The maximum Gasteiger partial charge on any atom is 0.0727 e. The summed E-state index contributed by atoms with van der Waals surface area (Å²) in [5.74, 6) is 0. The van der Waals surface area contributed by atoms with Gasteiger partial charge >= 0.3 is 0 Å². The SMILES string of the molecule is CC.CC.CC.CC.CC.CC.CC.CC.CC.CC.CC.CC.CC.CC.CC.CC.CC.CC.CC.CC.CC.CC.CC.CC.CC.c1ccc(N(c2ccccc2)c2ccc3c(c2)C2(c4ccccc4-3)c3ccccc3-c3ccc(N(c4ccccc4)c4ccccc4)cc32)cc1.c1ccc(N(c2ccccc2)c2ccccc2)cc1.c1ccc(N(c2ccccc2)c2ccccc2)cc1.c1ccccc1. The van der Waals surface area contributed by atoms with Crippen molar-refractivity contribution in [3.8, 4) is 22.3 Å². The second-order valence-electron chi connectivity index (χ2n) is 23.2. The molecule has 17 rings (SSSR count). The smallest absolute Gasteiger partial charge is 0.0727 e. The van der Waals surface area contributed by atoms with Gasteiger partial charge in [-0.2, -0.15) is 0 Å². The molecule has 145 heavy (non-hydrogen) atoms. The van der Waals surface area contributed by atoms with Gasteiger partial charge in [0.15, 0.2) is 0 Å². The number of hydrogen-bond donors (Lipinski definition) is 0. The number of benzene rings is 15. The molecule has 2 aliphatic rings. The fourth-order valence-electron chi connectivity index (χ4n) is 13.3. The molecule has 2 aliphatic carbocycles. The highest BCUT2D eigenvalue weighted by Gasteiger charge is 2.52. The molecular formula is C141H220N4. The molecule has 0 N–H and O–H groups in total. The minimum absolute atomic E-state index is 0.498. The van der Waals surface area contributed by atoms with Gasteiger partial charge in [-0.25, -0.2) is 0 Å². The van der Waals surface area contributed by atoms with Gasteiger partial charge < -0.3 is 19.6 Å². The van der Waals surface area contributed by atoms with E-state index in [0.717, 1.165) is 34.1 Å². The molecule has 15 aromatic rings. The molecule has 0 heterocycles. The van der Waals surface area contributed by atoms with Crippen LogP contribution in [0.4, 0.5) is 68.2 Å². The van der Waals surface area contributed by atoms with Gasteiger partial charge in [-0.15, -0.1) is 0 Å². The monoisotopic (exact) mass is 1970 g/mol. The first kappa shape index (κ1) is 158. The molecule has 0 bridgehead atoms. The lowest BCUT2D eigenvalue weighted by Gasteiger charge is -2.33.